The van der Waals surface area contributed by atoms with E-state index in [0.29, 0.717) is 0 Å². The fraction of sp³-hybridized carbons (Fsp3) is 0.857. The highest BCUT2D eigenvalue weighted by Gasteiger charge is 2.26. The highest BCUT2D eigenvalue weighted by atomic mass is 16.1. The zero-order valence-corrected chi connectivity index (χ0v) is 6.26. The second kappa shape index (κ2) is 3.01. The van der Waals surface area contributed by atoms with E-state index < -0.39 is 0 Å². The van der Waals surface area contributed by atoms with Gasteiger partial charge in [-0.2, -0.15) is 0 Å². The van der Waals surface area contributed by atoms with E-state index in [1.54, 1.807) is 7.05 Å². The van der Waals surface area contributed by atoms with E-state index in [4.69, 9.17) is 5.73 Å². The lowest BCUT2D eigenvalue weighted by molar-refractivity contribution is -0.124. The average molecular weight is 142 g/mol. The van der Waals surface area contributed by atoms with E-state index in [1.807, 2.05) is 0 Å². The number of carbonyl (C=O) groups excluding carboxylic acids is 1. The molecule has 1 rings (SSSR count). The summed E-state index contributed by atoms with van der Waals surface area (Å²) in [5.41, 5.74) is 5.64. The number of nitrogens with one attached hydrogen (secondary N) is 1. The van der Waals surface area contributed by atoms with E-state index in [0.717, 1.165) is 19.3 Å². The summed E-state index contributed by atoms with van der Waals surface area (Å²) < 4.78 is 0. The van der Waals surface area contributed by atoms with Crippen molar-refractivity contribution in [3.63, 3.8) is 0 Å². The van der Waals surface area contributed by atoms with Crippen molar-refractivity contribution in [2.75, 3.05) is 7.05 Å². The van der Waals surface area contributed by atoms with E-state index >= 15 is 0 Å². The minimum atomic E-state index is 0.146. The number of rotatable bonds is 1. The van der Waals surface area contributed by atoms with E-state index in [9.17, 15) is 4.79 Å². The summed E-state index contributed by atoms with van der Waals surface area (Å²) in [5, 5.41) is 2.63. The summed E-state index contributed by atoms with van der Waals surface area (Å²) >= 11 is 0. The van der Waals surface area contributed by atoms with E-state index in [2.05, 4.69) is 5.32 Å². The van der Waals surface area contributed by atoms with Crippen LogP contribution in [-0.4, -0.2) is 19.0 Å². The molecule has 2 unspecified atom stereocenters. The van der Waals surface area contributed by atoms with Gasteiger partial charge >= 0.3 is 0 Å². The molecule has 0 spiro atoms. The number of nitrogens with two attached hydrogens (primary N) is 1. The summed E-state index contributed by atoms with van der Waals surface area (Å²) in [6.07, 6.45) is 2.82. The van der Waals surface area contributed by atoms with Gasteiger partial charge in [-0.15, -0.1) is 0 Å². The molecule has 1 fully saturated rings. The van der Waals surface area contributed by atoms with Gasteiger partial charge in [0, 0.05) is 19.0 Å². The van der Waals surface area contributed by atoms with Gasteiger partial charge in [0.15, 0.2) is 0 Å². The van der Waals surface area contributed by atoms with Crippen LogP contribution in [0.15, 0.2) is 0 Å². The average Bonchev–Trinajstić information content (AvgIpc) is 2.34. The Kier molecular flexibility index (Phi) is 2.27. The van der Waals surface area contributed by atoms with Gasteiger partial charge in [0.05, 0.1) is 0 Å². The molecular formula is C7H14N2O. The second-order valence-corrected chi connectivity index (χ2v) is 2.88. The monoisotopic (exact) mass is 142 g/mol. The van der Waals surface area contributed by atoms with Crippen molar-refractivity contribution < 1.29 is 4.79 Å². The lowest BCUT2D eigenvalue weighted by Crippen LogP contribution is -2.26. The Hall–Kier alpha value is -0.570. The first kappa shape index (κ1) is 7.54. The van der Waals surface area contributed by atoms with Gasteiger partial charge in [-0.3, -0.25) is 4.79 Å². The molecule has 1 saturated carbocycles. The molecule has 2 atom stereocenters. The highest BCUT2D eigenvalue weighted by Crippen LogP contribution is 2.23. The van der Waals surface area contributed by atoms with Crippen molar-refractivity contribution >= 4 is 5.91 Å². The lowest BCUT2D eigenvalue weighted by atomic mass is 10.1. The first-order chi connectivity index (χ1) is 4.74. The standard InChI is InChI=1S/C7H14N2O/c1-9-7(10)5-2-3-6(8)4-5/h5-6H,2-4,8H2,1H3,(H,9,10). The van der Waals surface area contributed by atoms with Crippen LogP contribution in [-0.2, 0) is 4.79 Å². The van der Waals surface area contributed by atoms with Crippen LogP contribution in [0.3, 0.4) is 0 Å². The van der Waals surface area contributed by atoms with Crippen molar-refractivity contribution in [2.45, 2.75) is 25.3 Å². The molecule has 3 N–H and O–H groups in total. The van der Waals surface area contributed by atoms with Crippen LogP contribution in [0.5, 0.6) is 0 Å². The van der Waals surface area contributed by atoms with Crippen molar-refractivity contribution in [1.82, 2.24) is 5.32 Å². The van der Waals surface area contributed by atoms with Crippen LogP contribution in [0.25, 0.3) is 0 Å². The van der Waals surface area contributed by atoms with Crippen molar-refractivity contribution in [2.24, 2.45) is 11.7 Å². The van der Waals surface area contributed by atoms with Crippen LogP contribution in [0, 0.1) is 5.92 Å². The SMILES string of the molecule is CNC(=O)C1CCC(N)C1. The summed E-state index contributed by atoms with van der Waals surface area (Å²) in [4.78, 5) is 11.0. The summed E-state index contributed by atoms with van der Waals surface area (Å²) in [7, 11) is 1.67. The first-order valence-electron chi connectivity index (χ1n) is 3.71. The largest absolute Gasteiger partial charge is 0.359 e. The van der Waals surface area contributed by atoms with Crippen molar-refractivity contribution in [1.29, 1.82) is 0 Å². The Balaban J connectivity index is 2.37. The molecule has 0 aromatic carbocycles. The second-order valence-electron chi connectivity index (χ2n) is 2.88. The maximum absolute atomic E-state index is 11.0. The maximum atomic E-state index is 11.0. The maximum Gasteiger partial charge on any atom is 0.222 e. The van der Waals surface area contributed by atoms with Gasteiger partial charge in [0.25, 0.3) is 0 Å². The van der Waals surface area contributed by atoms with Crippen LogP contribution in [0.2, 0.25) is 0 Å². The van der Waals surface area contributed by atoms with Gasteiger partial charge in [-0.1, -0.05) is 0 Å². The first-order valence-corrected chi connectivity index (χ1v) is 3.71. The zero-order valence-electron chi connectivity index (χ0n) is 6.26. The molecule has 0 aromatic rings. The molecule has 58 valence electrons. The summed E-state index contributed by atoms with van der Waals surface area (Å²) in [5.74, 6) is 0.327. The van der Waals surface area contributed by atoms with Gasteiger partial charge < -0.3 is 11.1 Å². The Labute approximate surface area is 61.0 Å². The molecular weight excluding hydrogens is 128 g/mol. The molecule has 0 heterocycles. The molecule has 0 saturated heterocycles. The fourth-order valence-electron chi connectivity index (χ4n) is 1.46. The third-order valence-corrected chi connectivity index (χ3v) is 2.09. The molecule has 3 nitrogen and oxygen atoms in total. The molecule has 10 heavy (non-hydrogen) atoms. The van der Waals surface area contributed by atoms with E-state index in [-0.39, 0.29) is 17.9 Å². The Morgan fingerprint density at radius 3 is 2.70 bits per heavy atom. The molecule has 1 aliphatic carbocycles. The fourth-order valence-corrected chi connectivity index (χ4v) is 1.46. The molecule has 0 bridgehead atoms. The highest BCUT2D eigenvalue weighted by molar-refractivity contribution is 5.78. The molecule has 0 radical (unpaired) electrons. The van der Waals surface area contributed by atoms with Crippen molar-refractivity contribution in [3.8, 4) is 0 Å². The number of hydrogen-bond donors (Lipinski definition) is 2. The Morgan fingerprint density at radius 2 is 2.30 bits per heavy atom. The minimum Gasteiger partial charge on any atom is -0.359 e. The van der Waals surface area contributed by atoms with Gasteiger partial charge in [0.1, 0.15) is 0 Å². The molecule has 1 aliphatic rings. The smallest absolute Gasteiger partial charge is 0.222 e. The number of amides is 1. The number of carbonyl (C=O) groups is 1. The predicted octanol–water partition coefficient (Wildman–Crippen LogP) is -0.140. The Bertz CT molecular complexity index is 136. The third-order valence-electron chi connectivity index (χ3n) is 2.09. The van der Waals surface area contributed by atoms with Crippen molar-refractivity contribution in [3.05, 3.63) is 0 Å². The summed E-state index contributed by atoms with van der Waals surface area (Å²) in [6, 6.07) is 0.252. The third kappa shape index (κ3) is 1.48. The lowest BCUT2D eigenvalue weighted by Gasteiger charge is -2.05. The number of hydrogen-bond acceptors (Lipinski definition) is 2. The van der Waals surface area contributed by atoms with Gasteiger partial charge in [-0.05, 0) is 19.3 Å². The quantitative estimate of drug-likeness (QED) is 0.535. The van der Waals surface area contributed by atoms with Crippen LogP contribution in [0.4, 0.5) is 0 Å². The summed E-state index contributed by atoms with van der Waals surface area (Å²) in [6.45, 7) is 0. The molecule has 0 aliphatic heterocycles. The molecule has 1 amide bonds. The minimum absolute atomic E-state index is 0.146. The van der Waals surface area contributed by atoms with E-state index in [1.165, 1.54) is 0 Å². The molecule has 3 heteroatoms. The van der Waals surface area contributed by atoms with Gasteiger partial charge in [0.2, 0.25) is 5.91 Å². The van der Waals surface area contributed by atoms with Crippen LogP contribution in [0.1, 0.15) is 19.3 Å². The molecule has 0 aromatic heterocycles. The Morgan fingerprint density at radius 1 is 1.60 bits per heavy atom. The van der Waals surface area contributed by atoms with Gasteiger partial charge in [-0.25, -0.2) is 0 Å². The predicted molar refractivity (Wildman–Crippen MR) is 39.4 cm³/mol. The van der Waals surface area contributed by atoms with Crippen LogP contribution < -0.4 is 11.1 Å². The van der Waals surface area contributed by atoms with Crippen LogP contribution >= 0.6 is 0 Å². The normalized spacial score (nSPS) is 32.2. The topological polar surface area (TPSA) is 55.1 Å². The zero-order chi connectivity index (χ0) is 7.56.